The molecule has 0 amide bonds. The maximum Gasteiger partial charge on any atom is 0.416 e. The number of aromatic hydroxyl groups is 1. The minimum absolute atomic E-state index is 0.166. The molecule has 31 heavy (non-hydrogen) atoms. The summed E-state index contributed by atoms with van der Waals surface area (Å²) in [5.74, 6) is 0.633. The van der Waals surface area contributed by atoms with Gasteiger partial charge in [-0.25, -0.2) is 9.97 Å². The van der Waals surface area contributed by atoms with Crippen molar-refractivity contribution in [2.24, 2.45) is 0 Å². The van der Waals surface area contributed by atoms with Gasteiger partial charge in [0.15, 0.2) is 5.65 Å². The van der Waals surface area contributed by atoms with Crippen LogP contribution in [0.2, 0.25) is 0 Å². The lowest BCUT2D eigenvalue weighted by atomic mass is 10.00. The lowest BCUT2D eigenvalue weighted by molar-refractivity contribution is -0.137. The molecule has 0 radical (unpaired) electrons. The highest BCUT2D eigenvalue weighted by atomic mass is 19.4. The summed E-state index contributed by atoms with van der Waals surface area (Å²) in [4.78, 5) is 8.97. The quantitative estimate of drug-likeness (QED) is 0.498. The number of benzene rings is 1. The van der Waals surface area contributed by atoms with Crippen LogP contribution >= 0.6 is 0 Å². The molecule has 0 saturated heterocycles. The van der Waals surface area contributed by atoms with Gasteiger partial charge in [-0.2, -0.15) is 18.3 Å². The molecule has 3 aromatic heterocycles. The summed E-state index contributed by atoms with van der Waals surface area (Å²) in [5.41, 5.74) is 1.69. The van der Waals surface area contributed by atoms with E-state index < -0.39 is 17.5 Å². The van der Waals surface area contributed by atoms with Crippen molar-refractivity contribution < 1.29 is 18.3 Å². The fourth-order valence-electron chi connectivity index (χ4n) is 4.29. The molecule has 0 unspecified atom stereocenters. The summed E-state index contributed by atoms with van der Waals surface area (Å²) in [5, 5.41) is 15.8. The topological polar surface area (TPSA) is 68.8 Å². The van der Waals surface area contributed by atoms with Crippen molar-refractivity contribution in [3.63, 3.8) is 0 Å². The van der Waals surface area contributed by atoms with Gasteiger partial charge >= 0.3 is 6.18 Å². The van der Waals surface area contributed by atoms with Crippen LogP contribution in [-0.2, 0) is 19.1 Å². The lowest BCUT2D eigenvalue weighted by Crippen LogP contribution is -2.24. The van der Waals surface area contributed by atoms with Crippen LogP contribution in [0.4, 0.5) is 13.2 Å². The molecule has 1 aliphatic rings. The van der Waals surface area contributed by atoms with E-state index in [4.69, 9.17) is 0 Å². The molecular weight excluding hydrogens is 407 g/mol. The number of phenolic OH excluding ortho intramolecular Hbond substituents is 1. The molecule has 5 rings (SSSR count). The summed E-state index contributed by atoms with van der Waals surface area (Å²) >= 11 is 0. The molecule has 0 aliphatic carbocycles. The first-order valence-electron chi connectivity index (χ1n) is 9.99. The monoisotopic (exact) mass is 427 g/mol. The number of nitrogens with zero attached hydrogens (tertiary/aromatic N) is 5. The maximum absolute atomic E-state index is 13.0. The molecule has 1 N–H and O–H groups in total. The lowest BCUT2D eigenvalue weighted by Gasteiger charge is -2.25. The summed E-state index contributed by atoms with van der Waals surface area (Å²) in [6.45, 7) is 4.34. The highest BCUT2D eigenvalue weighted by Crippen LogP contribution is 2.39. The Labute approximate surface area is 176 Å². The largest absolute Gasteiger partial charge is 0.507 e. The van der Waals surface area contributed by atoms with Crippen molar-refractivity contribution in [3.05, 3.63) is 59.3 Å². The smallest absolute Gasteiger partial charge is 0.416 e. The second kappa shape index (κ2) is 6.83. The van der Waals surface area contributed by atoms with Crippen molar-refractivity contribution in [2.45, 2.75) is 45.5 Å². The van der Waals surface area contributed by atoms with E-state index in [1.807, 2.05) is 30.1 Å². The molecular formula is C22H20F3N5O. The SMILES string of the molecule is Cc1cc(C(F)(F)F)cc(O)c1-c1ccc2cn([C@H]3CCc4ncc(C)n4C3)nc2n1. The van der Waals surface area contributed by atoms with Crippen LogP contribution in [0.1, 0.15) is 35.1 Å². The van der Waals surface area contributed by atoms with E-state index in [9.17, 15) is 18.3 Å². The average Bonchev–Trinajstić information content (AvgIpc) is 3.30. The third-order valence-electron chi connectivity index (χ3n) is 5.89. The van der Waals surface area contributed by atoms with Crippen LogP contribution in [0.3, 0.4) is 0 Å². The Balaban J connectivity index is 1.50. The highest BCUT2D eigenvalue weighted by Gasteiger charge is 2.32. The van der Waals surface area contributed by atoms with Gasteiger partial charge in [0.2, 0.25) is 0 Å². The average molecular weight is 427 g/mol. The van der Waals surface area contributed by atoms with Gasteiger partial charge in [-0.05, 0) is 50.1 Å². The fraction of sp³-hybridized carbons (Fsp3) is 0.318. The molecule has 1 aliphatic heterocycles. The number of phenols is 1. The van der Waals surface area contributed by atoms with Crippen LogP contribution in [0, 0.1) is 13.8 Å². The van der Waals surface area contributed by atoms with Crippen LogP contribution < -0.4 is 0 Å². The number of imidazole rings is 1. The Morgan fingerprint density at radius 1 is 1.16 bits per heavy atom. The molecule has 0 spiro atoms. The zero-order valence-corrected chi connectivity index (χ0v) is 17.0. The Bertz CT molecular complexity index is 1280. The molecule has 0 fully saturated rings. The number of hydrogen-bond donors (Lipinski definition) is 1. The van der Waals surface area contributed by atoms with E-state index >= 15 is 0 Å². The van der Waals surface area contributed by atoms with Gasteiger partial charge in [0.1, 0.15) is 11.6 Å². The van der Waals surface area contributed by atoms with Gasteiger partial charge in [-0.1, -0.05) is 0 Å². The van der Waals surface area contributed by atoms with Crippen molar-refractivity contribution in [1.82, 2.24) is 24.3 Å². The van der Waals surface area contributed by atoms with Crippen molar-refractivity contribution in [2.75, 3.05) is 0 Å². The Morgan fingerprint density at radius 3 is 2.71 bits per heavy atom. The number of fused-ring (bicyclic) bond motifs is 2. The maximum atomic E-state index is 13.0. The summed E-state index contributed by atoms with van der Waals surface area (Å²) in [6, 6.07) is 5.45. The van der Waals surface area contributed by atoms with E-state index in [0.29, 0.717) is 16.9 Å². The van der Waals surface area contributed by atoms with Crippen molar-refractivity contribution in [3.8, 4) is 17.0 Å². The van der Waals surface area contributed by atoms with Crippen LogP contribution in [0.25, 0.3) is 22.3 Å². The van der Waals surface area contributed by atoms with E-state index in [0.717, 1.165) is 48.4 Å². The van der Waals surface area contributed by atoms with E-state index in [1.165, 1.54) is 6.92 Å². The molecule has 1 aromatic carbocycles. The van der Waals surface area contributed by atoms with E-state index in [2.05, 4.69) is 19.6 Å². The van der Waals surface area contributed by atoms with Gasteiger partial charge in [0.05, 0.1) is 17.3 Å². The Morgan fingerprint density at radius 2 is 1.97 bits per heavy atom. The predicted octanol–water partition coefficient (Wildman–Crippen LogP) is 4.82. The number of aromatic nitrogens is 5. The van der Waals surface area contributed by atoms with Gasteiger partial charge in [-0.3, -0.25) is 4.68 Å². The summed E-state index contributed by atoms with van der Waals surface area (Å²) < 4.78 is 43.2. The van der Waals surface area contributed by atoms with Gasteiger partial charge in [0, 0.05) is 42.0 Å². The van der Waals surface area contributed by atoms with Crippen molar-refractivity contribution in [1.29, 1.82) is 0 Å². The number of halogens is 3. The predicted molar refractivity (Wildman–Crippen MR) is 109 cm³/mol. The standard InChI is InChI=1S/C22H20F3N5O/c1-12-7-15(22(23,24)25)8-18(31)20(12)17-5-3-14-10-30(28-21(14)27-17)16-4-6-19-26-9-13(2)29(19)11-16/h3,5,7-10,16,31H,4,6,11H2,1-2H3/t16-/m0/s1. The summed E-state index contributed by atoms with van der Waals surface area (Å²) in [6.07, 6.45) is 1.07. The molecule has 6 nitrogen and oxygen atoms in total. The normalized spacial score (nSPS) is 16.6. The first-order chi connectivity index (χ1) is 14.7. The number of aryl methyl sites for hydroxylation is 3. The molecule has 9 heteroatoms. The first kappa shape index (κ1) is 19.6. The summed E-state index contributed by atoms with van der Waals surface area (Å²) in [7, 11) is 0. The van der Waals surface area contributed by atoms with Gasteiger partial charge in [0.25, 0.3) is 0 Å². The van der Waals surface area contributed by atoms with Gasteiger partial charge < -0.3 is 9.67 Å². The molecule has 0 bridgehead atoms. The zero-order chi connectivity index (χ0) is 21.9. The third-order valence-corrected chi connectivity index (χ3v) is 5.89. The second-order valence-electron chi connectivity index (χ2n) is 8.02. The first-order valence-corrected chi connectivity index (χ1v) is 9.99. The minimum atomic E-state index is -4.52. The molecule has 160 valence electrons. The van der Waals surface area contributed by atoms with E-state index in [-0.39, 0.29) is 11.6 Å². The van der Waals surface area contributed by atoms with Crippen molar-refractivity contribution >= 4 is 11.0 Å². The Kier molecular flexibility index (Phi) is 4.32. The Hall–Kier alpha value is -3.36. The fourth-order valence-corrected chi connectivity index (χ4v) is 4.29. The van der Waals surface area contributed by atoms with Crippen LogP contribution in [0.15, 0.2) is 36.7 Å². The number of rotatable bonds is 2. The minimum Gasteiger partial charge on any atom is -0.507 e. The molecule has 4 heterocycles. The molecule has 4 aromatic rings. The highest BCUT2D eigenvalue weighted by molar-refractivity contribution is 5.80. The molecule has 1 atom stereocenters. The van der Waals surface area contributed by atoms with Crippen LogP contribution in [-0.4, -0.2) is 29.4 Å². The number of alkyl halides is 3. The third kappa shape index (κ3) is 3.34. The molecule has 0 saturated carbocycles. The van der Waals surface area contributed by atoms with Gasteiger partial charge in [-0.15, -0.1) is 0 Å². The second-order valence-corrected chi connectivity index (χ2v) is 8.02. The zero-order valence-electron chi connectivity index (χ0n) is 17.0. The number of pyridine rings is 1. The van der Waals surface area contributed by atoms with Crippen LogP contribution in [0.5, 0.6) is 5.75 Å². The number of hydrogen-bond acceptors (Lipinski definition) is 4. The van der Waals surface area contributed by atoms with E-state index in [1.54, 1.807) is 6.07 Å².